The van der Waals surface area contributed by atoms with Crippen molar-refractivity contribution >= 4 is 5.97 Å². The topological polar surface area (TPSA) is 57.5 Å². The van der Waals surface area contributed by atoms with Crippen LogP contribution in [0.1, 0.15) is 19.8 Å². The van der Waals surface area contributed by atoms with Crippen molar-refractivity contribution in [2.45, 2.75) is 19.8 Å². The molecule has 0 aromatic heterocycles. The van der Waals surface area contributed by atoms with Gasteiger partial charge in [0.1, 0.15) is 0 Å². The molecule has 0 aromatic rings. The van der Waals surface area contributed by atoms with Crippen LogP contribution in [0.15, 0.2) is 0 Å². The maximum absolute atomic E-state index is 9.94. The maximum Gasteiger partial charge on any atom is 0.303 e. The van der Waals surface area contributed by atoms with Gasteiger partial charge >= 0.3 is 5.97 Å². The molecule has 0 heterocycles. The zero-order valence-corrected chi connectivity index (χ0v) is 5.50. The average molecular weight is 132 g/mol. The van der Waals surface area contributed by atoms with Crippen LogP contribution in [-0.2, 0) is 4.79 Å². The number of aliphatic carboxylic acids is 1. The Labute approximate surface area is 54.3 Å². The summed E-state index contributed by atoms with van der Waals surface area (Å²) in [5.41, 5.74) is 0. The summed E-state index contributed by atoms with van der Waals surface area (Å²) in [6.45, 7) is 1.90. The molecule has 0 spiro atoms. The number of carboxylic acids is 1. The highest BCUT2D eigenvalue weighted by atomic mass is 16.4. The van der Waals surface area contributed by atoms with E-state index in [2.05, 4.69) is 0 Å². The van der Waals surface area contributed by atoms with Crippen molar-refractivity contribution in [1.29, 1.82) is 0 Å². The monoisotopic (exact) mass is 132 g/mol. The lowest BCUT2D eigenvalue weighted by molar-refractivity contribution is -0.137. The average Bonchev–Trinajstić information content (AvgIpc) is 1.83. The zero-order chi connectivity index (χ0) is 7.28. The van der Waals surface area contributed by atoms with E-state index < -0.39 is 5.97 Å². The molecule has 0 aromatic carbocycles. The lowest BCUT2D eigenvalue weighted by Gasteiger charge is -2.02. The molecule has 0 saturated heterocycles. The quantitative estimate of drug-likeness (QED) is 0.585. The molecular formula is C6H12O3. The van der Waals surface area contributed by atoms with Crippen LogP contribution in [0.5, 0.6) is 0 Å². The summed E-state index contributed by atoms with van der Waals surface area (Å²) in [7, 11) is 0. The SMILES string of the molecule is C[C@H](CO)CCC(=O)O. The first-order valence-corrected chi connectivity index (χ1v) is 2.99. The Bertz CT molecular complexity index is 90.3. The molecule has 0 aliphatic carbocycles. The smallest absolute Gasteiger partial charge is 0.303 e. The van der Waals surface area contributed by atoms with Gasteiger partial charge in [-0.3, -0.25) is 4.79 Å². The first kappa shape index (κ1) is 8.43. The van der Waals surface area contributed by atoms with Gasteiger partial charge in [0.25, 0.3) is 0 Å². The molecule has 0 saturated carbocycles. The molecule has 54 valence electrons. The number of aliphatic hydroxyl groups is 1. The highest BCUT2D eigenvalue weighted by Gasteiger charge is 2.02. The second-order valence-corrected chi connectivity index (χ2v) is 2.22. The van der Waals surface area contributed by atoms with Crippen molar-refractivity contribution in [3.63, 3.8) is 0 Å². The Morgan fingerprint density at radius 1 is 1.67 bits per heavy atom. The molecule has 0 bridgehead atoms. The van der Waals surface area contributed by atoms with Crippen LogP contribution >= 0.6 is 0 Å². The van der Waals surface area contributed by atoms with Crippen LogP contribution in [0.25, 0.3) is 0 Å². The molecule has 0 radical (unpaired) electrons. The van der Waals surface area contributed by atoms with Gasteiger partial charge < -0.3 is 10.2 Å². The van der Waals surface area contributed by atoms with Crippen LogP contribution < -0.4 is 0 Å². The zero-order valence-electron chi connectivity index (χ0n) is 5.50. The normalized spacial score (nSPS) is 13.1. The fraction of sp³-hybridized carbons (Fsp3) is 0.833. The second kappa shape index (κ2) is 4.32. The van der Waals surface area contributed by atoms with Gasteiger partial charge in [0, 0.05) is 13.0 Å². The van der Waals surface area contributed by atoms with Crippen molar-refractivity contribution in [2.24, 2.45) is 5.92 Å². The Kier molecular flexibility index (Phi) is 4.05. The van der Waals surface area contributed by atoms with E-state index in [0.717, 1.165) is 0 Å². The van der Waals surface area contributed by atoms with Crippen LogP contribution in [-0.4, -0.2) is 22.8 Å². The highest BCUT2D eigenvalue weighted by molar-refractivity contribution is 5.66. The van der Waals surface area contributed by atoms with Gasteiger partial charge in [0.15, 0.2) is 0 Å². The molecule has 0 amide bonds. The van der Waals surface area contributed by atoms with Gasteiger partial charge in [0.2, 0.25) is 0 Å². The molecule has 0 aliphatic rings. The third-order valence-electron chi connectivity index (χ3n) is 1.16. The Morgan fingerprint density at radius 3 is 2.56 bits per heavy atom. The molecule has 1 atom stereocenters. The van der Waals surface area contributed by atoms with Crippen LogP contribution in [0.3, 0.4) is 0 Å². The fourth-order valence-corrected chi connectivity index (χ4v) is 0.461. The number of rotatable bonds is 4. The second-order valence-electron chi connectivity index (χ2n) is 2.22. The number of hydrogen-bond donors (Lipinski definition) is 2. The van der Waals surface area contributed by atoms with Gasteiger partial charge in [-0.15, -0.1) is 0 Å². The van der Waals surface area contributed by atoms with Gasteiger partial charge in [-0.2, -0.15) is 0 Å². The minimum atomic E-state index is -0.796. The number of carbonyl (C=O) groups is 1. The van der Waals surface area contributed by atoms with Crippen LogP contribution in [0.4, 0.5) is 0 Å². The molecule has 3 nitrogen and oxygen atoms in total. The molecule has 3 heteroatoms. The van der Waals surface area contributed by atoms with Crippen molar-refractivity contribution < 1.29 is 15.0 Å². The number of hydrogen-bond acceptors (Lipinski definition) is 2. The maximum atomic E-state index is 9.94. The Hall–Kier alpha value is -0.570. The molecule has 9 heavy (non-hydrogen) atoms. The van der Waals surface area contributed by atoms with Crippen LogP contribution in [0, 0.1) is 5.92 Å². The van der Waals surface area contributed by atoms with E-state index in [4.69, 9.17) is 10.2 Å². The first-order valence-electron chi connectivity index (χ1n) is 2.99. The van der Waals surface area contributed by atoms with E-state index in [9.17, 15) is 4.79 Å². The van der Waals surface area contributed by atoms with E-state index in [0.29, 0.717) is 6.42 Å². The van der Waals surface area contributed by atoms with Crippen LogP contribution in [0.2, 0.25) is 0 Å². The first-order chi connectivity index (χ1) is 4.16. The Balaban J connectivity index is 3.16. The standard InChI is InChI=1S/C6H12O3/c1-5(4-7)2-3-6(8)9/h5,7H,2-4H2,1H3,(H,8,9)/t5-/m0/s1. The van der Waals surface area contributed by atoms with Crippen molar-refractivity contribution in [1.82, 2.24) is 0 Å². The fourth-order valence-electron chi connectivity index (χ4n) is 0.461. The minimum Gasteiger partial charge on any atom is -0.481 e. The van der Waals surface area contributed by atoms with E-state index in [1.807, 2.05) is 6.92 Å². The van der Waals surface area contributed by atoms with Crippen molar-refractivity contribution in [3.05, 3.63) is 0 Å². The molecule has 0 rings (SSSR count). The molecule has 0 unspecified atom stereocenters. The largest absolute Gasteiger partial charge is 0.481 e. The van der Waals surface area contributed by atoms with Crippen molar-refractivity contribution in [3.8, 4) is 0 Å². The summed E-state index contributed by atoms with van der Waals surface area (Å²) >= 11 is 0. The minimum absolute atomic E-state index is 0.0767. The lowest BCUT2D eigenvalue weighted by atomic mass is 10.1. The summed E-state index contributed by atoms with van der Waals surface area (Å²) in [6, 6.07) is 0. The van der Waals surface area contributed by atoms with Crippen molar-refractivity contribution in [2.75, 3.05) is 6.61 Å². The van der Waals surface area contributed by atoms with Gasteiger partial charge in [-0.1, -0.05) is 6.92 Å². The van der Waals surface area contributed by atoms with Gasteiger partial charge in [-0.05, 0) is 12.3 Å². The molecule has 0 fully saturated rings. The summed E-state index contributed by atoms with van der Waals surface area (Å²) in [5.74, 6) is -0.684. The van der Waals surface area contributed by atoms with Gasteiger partial charge in [-0.25, -0.2) is 0 Å². The molecule has 2 N–H and O–H groups in total. The summed E-state index contributed by atoms with van der Waals surface area (Å²) in [6.07, 6.45) is 0.716. The predicted octanol–water partition coefficient (Wildman–Crippen LogP) is 0.480. The van der Waals surface area contributed by atoms with Gasteiger partial charge in [0.05, 0.1) is 0 Å². The third-order valence-corrected chi connectivity index (χ3v) is 1.16. The third kappa shape index (κ3) is 5.30. The van der Waals surface area contributed by atoms with E-state index >= 15 is 0 Å². The summed E-state index contributed by atoms with van der Waals surface area (Å²) < 4.78 is 0. The lowest BCUT2D eigenvalue weighted by Crippen LogP contribution is -2.04. The summed E-state index contributed by atoms with van der Waals surface area (Å²) in [5, 5.41) is 16.6. The summed E-state index contributed by atoms with van der Waals surface area (Å²) in [4.78, 5) is 9.94. The van der Waals surface area contributed by atoms with E-state index in [1.54, 1.807) is 0 Å². The highest BCUT2D eigenvalue weighted by Crippen LogP contribution is 2.02. The van der Waals surface area contributed by atoms with E-state index in [1.165, 1.54) is 0 Å². The Morgan fingerprint density at radius 2 is 2.22 bits per heavy atom. The predicted molar refractivity (Wildman–Crippen MR) is 33.1 cm³/mol. The molecule has 0 aliphatic heterocycles. The van der Waals surface area contributed by atoms with E-state index in [-0.39, 0.29) is 18.9 Å². The molecular weight excluding hydrogens is 120 g/mol. The number of carboxylic acid groups (broad SMARTS) is 1. The number of aliphatic hydroxyl groups excluding tert-OH is 1.